The van der Waals surface area contributed by atoms with Gasteiger partial charge in [-0.15, -0.1) is 0 Å². The first-order chi connectivity index (χ1) is 10.6. The zero-order valence-corrected chi connectivity index (χ0v) is 12.9. The molecule has 1 aliphatic carbocycles. The van der Waals surface area contributed by atoms with Gasteiger partial charge in [0.15, 0.2) is 0 Å². The number of halogens is 1. The van der Waals surface area contributed by atoms with Crippen LogP contribution >= 0.6 is 11.6 Å². The van der Waals surface area contributed by atoms with Crippen molar-refractivity contribution in [3.8, 4) is 0 Å². The van der Waals surface area contributed by atoms with Gasteiger partial charge in [0.2, 0.25) is 5.91 Å². The van der Waals surface area contributed by atoms with E-state index >= 15 is 0 Å². The van der Waals surface area contributed by atoms with Gasteiger partial charge in [-0.2, -0.15) is 0 Å². The molecule has 3 rings (SSSR count). The van der Waals surface area contributed by atoms with Crippen LogP contribution in [0.3, 0.4) is 0 Å². The second-order valence-corrected chi connectivity index (χ2v) is 6.13. The van der Waals surface area contributed by atoms with Gasteiger partial charge in [0.1, 0.15) is 0 Å². The summed E-state index contributed by atoms with van der Waals surface area (Å²) < 4.78 is 0. The van der Waals surface area contributed by atoms with Crippen molar-refractivity contribution in [3.63, 3.8) is 0 Å². The molecule has 0 saturated heterocycles. The molecule has 5 nitrogen and oxygen atoms in total. The number of nitrogens with one attached hydrogen (secondary N) is 1. The lowest BCUT2D eigenvalue weighted by molar-refractivity contribution is -0.121. The van der Waals surface area contributed by atoms with Crippen molar-refractivity contribution in [1.82, 2.24) is 10.2 Å². The van der Waals surface area contributed by atoms with Crippen LogP contribution in [-0.2, 0) is 4.79 Å². The minimum atomic E-state index is -0.417. The normalized spacial score (nSPS) is 18.0. The number of benzene rings is 1. The van der Waals surface area contributed by atoms with Crippen LogP contribution in [0.2, 0.25) is 5.02 Å². The maximum absolute atomic E-state index is 12.3. The first-order valence-corrected chi connectivity index (χ1v) is 7.90. The topological polar surface area (TPSA) is 66.5 Å². The molecule has 0 radical (unpaired) electrons. The quantitative estimate of drug-likeness (QED) is 0.866. The number of nitrogens with zero attached hydrogens (tertiary/aromatic N) is 1. The Kier molecular flexibility index (Phi) is 4.16. The lowest BCUT2D eigenvalue weighted by Gasteiger charge is -2.15. The fraction of sp³-hybridized carbons (Fsp3) is 0.438. The predicted octanol–water partition coefficient (Wildman–Crippen LogP) is 2.38. The number of carbonyl (C=O) groups is 3. The second-order valence-electron chi connectivity index (χ2n) is 5.72. The summed E-state index contributed by atoms with van der Waals surface area (Å²) in [5, 5.41) is 3.22. The number of hydrogen-bond acceptors (Lipinski definition) is 3. The van der Waals surface area contributed by atoms with Crippen molar-refractivity contribution >= 4 is 29.3 Å². The Bertz CT molecular complexity index is 638. The average molecular weight is 321 g/mol. The third-order valence-corrected chi connectivity index (χ3v) is 4.55. The number of rotatable bonds is 4. The lowest BCUT2D eigenvalue weighted by Crippen LogP contribution is -2.37. The summed E-state index contributed by atoms with van der Waals surface area (Å²) >= 11 is 5.99. The maximum Gasteiger partial charge on any atom is 0.263 e. The van der Waals surface area contributed by atoms with Crippen LogP contribution in [0.5, 0.6) is 0 Å². The average Bonchev–Trinajstić information content (AvgIpc) is 3.06. The van der Waals surface area contributed by atoms with Gasteiger partial charge in [-0.1, -0.05) is 30.5 Å². The molecule has 0 bridgehead atoms. The smallest absolute Gasteiger partial charge is 0.263 e. The molecule has 1 aromatic carbocycles. The Morgan fingerprint density at radius 1 is 1.23 bits per heavy atom. The number of fused-ring (bicyclic) bond motifs is 1. The summed E-state index contributed by atoms with van der Waals surface area (Å²) in [5.41, 5.74) is 0.555. The molecule has 0 atom stereocenters. The first kappa shape index (κ1) is 15.0. The molecular formula is C16H17ClN2O3. The minimum Gasteiger partial charge on any atom is -0.353 e. The Morgan fingerprint density at radius 3 is 2.64 bits per heavy atom. The lowest BCUT2D eigenvalue weighted by atomic mass is 10.1. The number of hydrogen-bond donors (Lipinski definition) is 1. The molecule has 1 heterocycles. The van der Waals surface area contributed by atoms with Crippen molar-refractivity contribution in [2.45, 2.75) is 38.1 Å². The van der Waals surface area contributed by atoms with E-state index in [0.29, 0.717) is 5.56 Å². The monoisotopic (exact) mass is 320 g/mol. The highest BCUT2D eigenvalue weighted by Gasteiger charge is 2.37. The van der Waals surface area contributed by atoms with Gasteiger partial charge in [-0.05, 0) is 25.0 Å². The molecule has 2 aliphatic rings. The molecule has 116 valence electrons. The van der Waals surface area contributed by atoms with Gasteiger partial charge >= 0.3 is 0 Å². The highest BCUT2D eigenvalue weighted by molar-refractivity contribution is 6.37. The summed E-state index contributed by atoms with van der Waals surface area (Å²) in [7, 11) is 0. The molecule has 1 saturated carbocycles. The maximum atomic E-state index is 12.3. The summed E-state index contributed by atoms with van der Waals surface area (Å²) in [4.78, 5) is 37.5. The Hall–Kier alpha value is -1.88. The molecular weight excluding hydrogens is 304 g/mol. The van der Waals surface area contributed by atoms with Crippen LogP contribution in [0.15, 0.2) is 18.2 Å². The van der Waals surface area contributed by atoms with Gasteiger partial charge < -0.3 is 5.32 Å². The fourth-order valence-electron chi connectivity index (χ4n) is 3.08. The number of amides is 3. The van der Waals surface area contributed by atoms with E-state index < -0.39 is 5.91 Å². The molecule has 22 heavy (non-hydrogen) atoms. The summed E-state index contributed by atoms with van der Waals surface area (Å²) in [6.07, 6.45) is 4.42. The Balaban J connectivity index is 1.62. The van der Waals surface area contributed by atoms with Gasteiger partial charge in [0.25, 0.3) is 11.8 Å². The standard InChI is InChI=1S/C16H17ClN2O3/c17-12-7-3-6-11-14(12)16(22)19(15(11)21)9-8-13(20)18-10-4-1-2-5-10/h3,6-7,10H,1-2,4-5,8-9H2,(H,18,20). The molecule has 1 fully saturated rings. The molecule has 1 N–H and O–H groups in total. The van der Waals surface area contributed by atoms with E-state index in [-0.39, 0.29) is 41.4 Å². The number of carbonyl (C=O) groups excluding carboxylic acids is 3. The largest absolute Gasteiger partial charge is 0.353 e. The molecule has 3 amide bonds. The highest BCUT2D eigenvalue weighted by Crippen LogP contribution is 2.29. The van der Waals surface area contributed by atoms with Crippen LogP contribution in [0.25, 0.3) is 0 Å². The van der Waals surface area contributed by atoms with E-state index in [9.17, 15) is 14.4 Å². The third-order valence-electron chi connectivity index (χ3n) is 4.23. The van der Waals surface area contributed by atoms with Crippen molar-refractivity contribution in [2.24, 2.45) is 0 Å². The SMILES string of the molecule is O=C(CCN1C(=O)c2cccc(Cl)c2C1=O)NC1CCCC1. The van der Waals surface area contributed by atoms with Crippen molar-refractivity contribution < 1.29 is 14.4 Å². The van der Waals surface area contributed by atoms with Gasteiger partial charge in [-0.3, -0.25) is 19.3 Å². The van der Waals surface area contributed by atoms with E-state index in [4.69, 9.17) is 11.6 Å². The van der Waals surface area contributed by atoms with Gasteiger partial charge in [0.05, 0.1) is 16.1 Å². The zero-order valence-electron chi connectivity index (χ0n) is 12.1. The summed E-state index contributed by atoms with van der Waals surface area (Å²) in [5.74, 6) is -0.912. The first-order valence-electron chi connectivity index (χ1n) is 7.52. The van der Waals surface area contributed by atoms with Gasteiger partial charge in [-0.25, -0.2) is 0 Å². The van der Waals surface area contributed by atoms with Crippen molar-refractivity contribution in [1.29, 1.82) is 0 Å². The summed E-state index contributed by atoms with van der Waals surface area (Å²) in [6, 6.07) is 5.05. The second kappa shape index (κ2) is 6.08. The van der Waals surface area contributed by atoms with Gasteiger partial charge in [0, 0.05) is 19.0 Å². The van der Waals surface area contributed by atoms with Crippen LogP contribution in [0.4, 0.5) is 0 Å². The molecule has 0 aromatic heterocycles. The third kappa shape index (κ3) is 2.73. The Morgan fingerprint density at radius 2 is 1.95 bits per heavy atom. The molecule has 1 aliphatic heterocycles. The van der Waals surface area contributed by atoms with E-state index in [1.54, 1.807) is 18.2 Å². The van der Waals surface area contributed by atoms with Crippen LogP contribution in [0.1, 0.15) is 52.8 Å². The molecule has 6 heteroatoms. The van der Waals surface area contributed by atoms with E-state index in [0.717, 1.165) is 30.6 Å². The van der Waals surface area contributed by atoms with Crippen molar-refractivity contribution in [3.05, 3.63) is 34.3 Å². The summed E-state index contributed by atoms with van der Waals surface area (Å²) in [6.45, 7) is 0.0846. The minimum absolute atomic E-state index is 0.0846. The Labute approximate surface area is 133 Å². The fourth-order valence-corrected chi connectivity index (χ4v) is 3.33. The van der Waals surface area contributed by atoms with E-state index in [1.165, 1.54) is 0 Å². The molecule has 0 unspecified atom stereocenters. The molecule has 0 spiro atoms. The predicted molar refractivity (Wildman–Crippen MR) is 81.8 cm³/mol. The zero-order chi connectivity index (χ0) is 15.7. The highest BCUT2D eigenvalue weighted by atomic mass is 35.5. The van der Waals surface area contributed by atoms with E-state index in [1.807, 2.05) is 0 Å². The molecule has 1 aromatic rings. The van der Waals surface area contributed by atoms with Crippen LogP contribution in [-0.4, -0.2) is 35.2 Å². The van der Waals surface area contributed by atoms with Crippen LogP contribution < -0.4 is 5.32 Å². The van der Waals surface area contributed by atoms with Crippen LogP contribution in [0, 0.1) is 0 Å². The number of imide groups is 1. The van der Waals surface area contributed by atoms with E-state index in [2.05, 4.69) is 5.32 Å². The van der Waals surface area contributed by atoms with Crippen molar-refractivity contribution in [2.75, 3.05) is 6.54 Å².